The zero-order valence-corrected chi connectivity index (χ0v) is 11.4. The van der Waals surface area contributed by atoms with Crippen LogP contribution in [0.2, 0.25) is 0 Å². The fourth-order valence-electron chi connectivity index (χ4n) is 2.04. The van der Waals surface area contributed by atoms with Crippen molar-refractivity contribution in [2.45, 2.75) is 0 Å². The van der Waals surface area contributed by atoms with E-state index >= 15 is 0 Å². The van der Waals surface area contributed by atoms with Crippen molar-refractivity contribution in [2.75, 3.05) is 0 Å². The number of aryl methyl sites for hydroxylation is 1. The molecule has 0 saturated heterocycles. The van der Waals surface area contributed by atoms with E-state index in [1.54, 1.807) is 6.33 Å². The molecule has 0 spiro atoms. The summed E-state index contributed by atoms with van der Waals surface area (Å²) in [5.74, 6) is 0. The average molecular weight is 335 g/mol. The van der Waals surface area contributed by atoms with Crippen LogP contribution in [0.15, 0.2) is 42.9 Å². The lowest BCUT2D eigenvalue weighted by molar-refractivity contribution is 0.950. The molecular formula is C13H10IN3. The van der Waals surface area contributed by atoms with Gasteiger partial charge in [0.1, 0.15) is 12.0 Å². The molecule has 17 heavy (non-hydrogen) atoms. The number of hydrogen-bond acceptors (Lipinski definition) is 2. The molecule has 0 radical (unpaired) electrons. The minimum atomic E-state index is 0.975. The first-order valence-corrected chi connectivity index (χ1v) is 6.36. The van der Waals surface area contributed by atoms with Gasteiger partial charge < -0.3 is 4.57 Å². The maximum Gasteiger partial charge on any atom is 0.144 e. The first kappa shape index (κ1) is 10.7. The largest absolute Gasteiger partial charge is 0.327 e. The van der Waals surface area contributed by atoms with Gasteiger partial charge in [0.15, 0.2) is 0 Å². The summed E-state index contributed by atoms with van der Waals surface area (Å²) in [6.07, 6.45) is 3.46. The molecule has 0 aliphatic carbocycles. The van der Waals surface area contributed by atoms with Crippen LogP contribution in [0.25, 0.3) is 22.3 Å². The van der Waals surface area contributed by atoms with E-state index in [0.717, 1.165) is 11.0 Å². The van der Waals surface area contributed by atoms with Crippen LogP contribution in [0, 0.1) is 3.57 Å². The van der Waals surface area contributed by atoms with E-state index in [4.69, 9.17) is 0 Å². The van der Waals surface area contributed by atoms with E-state index in [1.165, 1.54) is 14.8 Å². The monoisotopic (exact) mass is 335 g/mol. The van der Waals surface area contributed by atoms with Gasteiger partial charge in [-0.05, 0) is 28.2 Å². The quantitative estimate of drug-likeness (QED) is 0.639. The molecule has 3 rings (SSSR count). The zero-order valence-electron chi connectivity index (χ0n) is 9.26. The van der Waals surface area contributed by atoms with Crippen LogP contribution in [-0.2, 0) is 7.05 Å². The third kappa shape index (κ3) is 1.63. The molecule has 2 heterocycles. The topological polar surface area (TPSA) is 30.7 Å². The second-order valence-corrected chi connectivity index (χ2v) is 4.93. The number of aromatic nitrogens is 3. The maximum absolute atomic E-state index is 4.33. The summed E-state index contributed by atoms with van der Waals surface area (Å²) < 4.78 is 3.32. The molecule has 0 atom stereocenters. The van der Waals surface area contributed by atoms with Gasteiger partial charge in [-0.15, -0.1) is 0 Å². The third-order valence-corrected chi connectivity index (χ3v) is 3.93. The van der Waals surface area contributed by atoms with Gasteiger partial charge in [0.25, 0.3) is 0 Å². The molecule has 0 amide bonds. The fraction of sp³-hybridized carbons (Fsp3) is 0.0769. The van der Waals surface area contributed by atoms with Gasteiger partial charge in [-0.2, -0.15) is 0 Å². The SMILES string of the molecule is Cn1c(-c2ccccc2)c(I)c2cncnc21. The van der Waals surface area contributed by atoms with Gasteiger partial charge in [0.2, 0.25) is 0 Å². The summed E-state index contributed by atoms with van der Waals surface area (Å²) in [6, 6.07) is 10.4. The van der Waals surface area contributed by atoms with Crippen molar-refractivity contribution >= 4 is 33.6 Å². The van der Waals surface area contributed by atoms with Crippen molar-refractivity contribution in [2.24, 2.45) is 7.05 Å². The normalized spacial score (nSPS) is 10.9. The van der Waals surface area contributed by atoms with Crippen LogP contribution >= 0.6 is 22.6 Å². The Balaban J connectivity index is 2.38. The van der Waals surface area contributed by atoms with Crippen LogP contribution in [0.1, 0.15) is 0 Å². The van der Waals surface area contributed by atoms with E-state index in [-0.39, 0.29) is 0 Å². The summed E-state index contributed by atoms with van der Waals surface area (Å²) in [6.45, 7) is 0. The minimum Gasteiger partial charge on any atom is -0.327 e. The van der Waals surface area contributed by atoms with Crippen LogP contribution in [-0.4, -0.2) is 14.5 Å². The molecule has 0 unspecified atom stereocenters. The highest BCUT2D eigenvalue weighted by Gasteiger charge is 2.14. The van der Waals surface area contributed by atoms with Crippen molar-refractivity contribution in [3.63, 3.8) is 0 Å². The summed E-state index contributed by atoms with van der Waals surface area (Å²) in [7, 11) is 2.04. The molecular weight excluding hydrogens is 325 g/mol. The Labute approximate surface area is 113 Å². The Morgan fingerprint density at radius 1 is 1.18 bits per heavy atom. The predicted molar refractivity (Wildman–Crippen MR) is 76.7 cm³/mol. The van der Waals surface area contributed by atoms with Gasteiger partial charge in [-0.25, -0.2) is 9.97 Å². The van der Waals surface area contributed by atoms with Crippen LogP contribution in [0.5, 0.6) is 0 Å². The van der Waals surface area contributed by atoms with Crippen LogP contribution < -0.4 is 0 Å². The van der Waals surface area contributed by atoms with Crippen molar-refractivity contribution in [1.82, 2.24) is 14.5 Å². The zero-order chi connectivity index (χ0) is 11.8. The number of rotatable bonds is 1. The van der Waals surface area contributed by atoms with Crippen molar-refractivity contribution < 1.29 is 0 Å². The highest BCUT2D eigenvalue weighted by atomic mass is 127. The Bertz CT molecular complexity index is 635. The van der Waals surface area contributed by atoms with Gasteiger partial charge in [-0.1, -0.05) is 30.3 Å². The molecule has 0 fully saturated rings. The smallest absolute Gasteiger partial charge is 0.144 e. The molecule has 0 aliphatic rings. The van der Waals surface area contributed by atoms with Gasteiger partial charge in [-0.3, -0.25) is 0 Å². The number of hydrogen-bond donors (Lipinski definition) is 0. The number of fused-ring (bicyclic) bond motifs is 1. The van der Waals surface area contributed by atoms with E-state index in [0.29, 0.717) is 0 Å². The molecule has 0 aliphatic heterocycles. The molecule has 84 valence electrons. The first-order valence-electron chi connectivity index (χ1n) is 5.28. The molecule has 3 aromatic rings. The van der Waals surface area contributed by atoms with Crippen molar-refractivity contribution in [3.8, 4) is 11.3 Å². The fourth-order valence-corrected chi connectivity index (χ4v) is 3.10. The van der Waals surface area contributed by atoms with Gasteiger partial charge >= 0.3 is 0 Å². The lowest BCUT2D eigenvalue weighted by atomic mass is 10.1. The first-order chi connectivity index (χ1) is 8.29. The standard InChI is InChI=1S/C13H10IN3/c1-17-12(9-5-3-2-4-6-9)11(14)10-7-15-8-16-13(10)17/h2-8H,1H3. The lowest BCUT2D eigenvalue weighted by Crippen LogP contribution is -1.93. The summed E-state index contributed by atoms with van der Waals surface area (Å²) in [4.78, 5) is 8.43. The van der Waals surface area contributed by atoms with Gasteiger partial charge in [0, 0.05) is 16.8 Å². The Morgan fingerprint density at radius 2 is 1.94 bits per heavy atom. The molecule has 1 aromatic carbocycles. The Kier molecular flexibility index (Phi) is 2.58. The maximum atomic E-state index is 4.33. The molecule has 4 heteroatoms. The Morgan fingerprint density at radius 3 is 2.65 bits per heavy atom. The van der Waals surface area contributed by atoms with Crippen molar-refractivity contribution in [3.05, 3.63) is 46.4 Å². The minimum absolute atomic E-state index is 0.975. The summed E-state index contributed by atoms with van der Waals surface area (Å²) >= 11 is 2.36. The van der Waals surface area contributed by atoms with E-state index in [9.17, 15) is 0 Å². The molecule has 0 N–H and O–H groups in total. The third-order valence-electron chi connectivity index (χ3n) is 2.84. The van der Waals surface area contributed by atoms with E-state index in [1.807, 2.05) is 19.3 Å². The summed E-state index contributed by atoms with van der Waals surface area (Å²) in [5.41, 5.74) is 3.38. The highest BCUT2D eigenvalue weighted by Crippen LogP contribution is 2.32. The molecule has 0 bridgehead atoms. The van der Waals surface area contributed by atoms with E-state index in [2.05, 4.69) is 61.4 Å². The highest BCUT2D eigenvalue weighted by molar-refractivity contribution is 14.1. The number of benzene rings is 1. The molecule has 0 saturated carbocycles. The van der Waals surface area contributed by atoms with Crippen LogP contribution in [0.3, 0.4) is 0 Å². The average Bonchev–Trinajstić information content (AvgIpc) is 2.64. The van der Waals surface area contributed by atoms with Gasteiger partial charge in [0.05, 0.1) is 11.1 Å². The Hall–Kier alpha value is -1.43. The van der Waals surface area contributed by atoms with E-state index < -0.39 is 0 Å². The second-order valence-electron chi connectivity index (χ2n) is 3.85. The number of halogens is 1. The predicted octanol–water partition coefficient (Wildman–Crippen LogP) is 3.24. The second kappa shape index (κ2) is 4.10. The lowest BCUT2D eigenvalue weighted by Gasteiger charge is -2.04. The summed E-state index contributed by atoms with van der Waals surface area (Å²) in [5, 5.41) is 1.11. The molecule has 3 nitrogen and oxygen atoms in total. The molecule has 2 aromatic heterocycles. The van der Waals surface area contributed by atoms with Crippen molar-refractivity contribution in [1.29, 1.82) is 0 Å². The van der Waals surface area contributed by atoms with Crippen LogP contribution in [0.4, 0.5) is 0 Å². The number of nitrogens with zero attached hydrogens (tertiary/aromatic N) is 3.